The monoisotopic (exact) mass is 260 g/mol. The SMILES string of the molecule is COc1ccc(-c2ccc(C(=O)O)c(F)c2)cc1C. The van der Waals surface area contributed by atoms with E-state index in [1.54, 1.807) is 25.3 Å². The number of carbonyl (C=O) groups is 1. The molecule has 0 aromatic heterocycles. The summed E-state index contributed by atoms with van der Waals surface area (Å²) in [4.78, 5) is 10.8. The minimum Gasteiger partial charge on any atom is -0.496 e. The number of hydrogen-bond acceptors (Lipinski definition) is 2. The van der Waals surface area contributed by atoms with Gasteiger partial charge in [0.2, 0.25) is 0 Å². The number of halogens is 1. The van der Waals surface area contributed by atoms with E-state index in [0.717, 1.165) is 16.9 Å². The third-order valence-electron chi connectivity index (χ3n) is 2.93. The first-order chi connectivity index (χ1) is 9.02. The lowest BCUT2D eigenvalue weighted by atomic mass is 10.0. The Hall–Kier alpha value is -2.36. The van der Waals surface area contributed by atoms with Gasteiger partial charge < -0.3 is 9.84 Å². The molecule has 0 atom stereocenters. The second-order valence-corrected chi connectivity index (χ2v) is 4.18. The van der Waals surface area contributed by atoms with Crippen LogP contribution in [0.15, 0.2) is 36.4 Å². The summed E-state index contributed by atoms with van der Waals surface area (Å²) in [6.07, 6.45) is 0. The van der Waals surface area contributed by atoms with Gasteiger partial charge in [0.25, 0.3) is 0 Å². The van der Waals surface area contributed by atoms with Crippen molar-refractivity contribution < 1.29 is 19.0 Å². The minimum atomic E-state index is -1.27. The Morgan fingerprint density at radius 2 is 1.79 bits per heavy atom. The number of carboxylic acid groups (broad SMARTS) is 1. The summed E-state index contributed by atoms with van der Waals surface area (Å²) in [6.45, 7) is 1.89. The fourth-order valence-electron chi connectivity index (χ4n) is 1.93. The molecule has 0 saturated heterocycles. The van der Waals surface area contributed by atoms with Gasteiger partial charge in [0.1, 0.15) is 11.6 Å². The van der Waals surface area contributed by atoms with Gasteiger partial charge in [-0.3, -0.25) is 0 Å². The molecule has 19 heavy (non-hydrogen) atoms. The highest BCUT2D eigenvalue weighted by atomic mass is 19.1. The number of ether oxygens (including phenoxy) is 1. The molecular weight excluding hydrogens is 247 g/mol. The van der Waals surface area contributed by atoms with Crippen LogP contribution in [0, 0.1) is 12.7 Å². The van der Waals surface area contributed by atoms with Crippen molar-refractivity contribution in [1.82, 2.24) is 0 Å². The maximum Gasteiger partial charge on any atom is 0.338 e. The fourth-order valence-corrected chi connectivity index (χ4v) is 1.93. The van der Waals surface area contributed by atoms with Crippen LogP contribution >= 0.6 is 0 Å². The summed E-state index contributed by atoms with van der Waals surface area (Å²) in [5.74, 6) is -1.25. The summed E-state index contributed by atoms with van der Waals surface area (Å²) in [5.41, 5.74) is 2.05. The van der Waals surface area contributed by atoms with Crippen molar-refractivity contribution >= 4 is 5.97 Å². The van der Waals surface area contributed by atoms with E-state index in [-0.39, 0.29) is 5.56 Å². The van der Waals surface area contributed by atoms with E-state index < -0.39 is 11.8 Å². The van der Waals surface area contributed by atoms with Gasteiger partial charge in [-0.15, -0.1) is 0 Å². The molecule has 0 aliphatic carbocycles. The Balaban J connectivity index is 2.45. The smallest absolute Gasteiger partial charge is 0.338 e. The molecule has 0 radical (unpaired) electrons. The lowest BCUT2D eigenvalue weighted by Crippen LogP contribution is -2.00. The van der Waals surface area contributed by atoms with Crippen LogP contribution in [0.4, 0.5) is 4.39 Å². The van der Waals surface area contributed by atoms with Crippen LogP contribution in [-0.2, 0) is 0 Å². The standard InChI is InChI=1S/C15H13FO3/c1-9-7-10(4-6-14(9)19-2)11-3-5-12(15(17)18)13(16)8-11/h3-8H,1-2H3,(H,17,18). The Kier molecular flexibility index (Phi) is 3.51. The van der Waals surface area contributed by atoms with Crippen molar-refractivity contribution in [3.05, 3.63) is 53.3 Å². The molecule has 0 spiro atoms. The van der Waals surface area contributed by atoms with Crippen LogP contribution in [0.3, 0.4) is 0 Å². The molecule has 98 valence electrons. The van der Waals surface area contributed by atoms with E-state index in [1.807, 2.05) is 13.0 Å². The normalized spacial score (nSPS) is 10.3. The quantitative estimate of drug-likeness (QED) is 0.918. The highest BCUT2D eigenvalue weighted by Gasteiger charge is 2.11. The van der Waals surface area contributed by atoms with E-state index in [2.05, 4.69) is 0 Å². The van der Waals surface area contributed by atoms with Gasteiger partial charge in [-0.2, -0.15) is 0 Å². The number of aryl methyl sites for hydroxylation is 1. The van der Waals surface area contributed by atoms with E-state index >= 15 is 0 Å². The second-order valence-electron chi connectivity index (χ2n) is 4.18. The van der Waals surface area contributed by atoms with E-state index in [1.165, 1.54) is 12.1 Å². The molecule has 1 N–H and O–H groups in total. The molecule has 0 saturated carbocycles. The van der Waals surface area contributed by atoms with Gasteiger partial charge in [-0.1, -0.05) is 12.1 Å². The third kappa shape index (κ3) is 2.57. The third-order valence-corrected chi connectivity index (χ3v) is 2.93. The molecule has 4 heteroatoms. The maximum absolute atomic E-state index is 13.6. The maximum atomic E-state index is 13.6. The number of aromatic carboxylic acids is 1. The first-order valence-electron chi connectivity index (χ1n) is 5.71. The van der Waals surface area contributed by atoms with E-state index in [9.17, 15) is 9.18 Å². The summed E-state index contributed by atoms with van der Waals surface area (Å²) in [7, 11) is 1.59. The Labute approximate surface area is 110 Å². The van der Waals surface area contributed by atoms with Gasteiger partial charge in [-0.05, 0) is 47.9 Å². The van der Waals surface area contributed by atoms with Gasteiger partial charge in [0.05, 0.1) is 12.7 Å². The number of methoxy groups -OCH3 is 1. The lowest BCUT2D eigenvalue weighted by Gasteiger charge is -2.08. The van der Waals surface area contributed by atoms with Crippen molar-refractivity contribution in [3.63, 3.8) is 0 Å². The Morgan fingerprint density at radius 3 is 2.32 bits per heavy atom. The summed E-state index contributed by atoms with van der Waals surface area (Å²) in [5, 5.41) is 8.78. The predicted molar refractivity (Wildman–Crippen MR) is 70.1 cm³/mol. The van der Waals surface area contributed by atoms with Crippen LogP contribution in [-0.4, -0.2) is 18.2 Å². The highest BCUT2D eigenvalue weighted by molar-refractivity contribution is 5.88. The number of hydrogen-bond donors (Lipinski definition) is 1. The van der Waals surface area contributed by atoms with Crippen LogP contribution in [0.5, 0.6) is 5.75 Å². The molecule has 0 aliphatic heterocycles. The average Bonchev–Trinajstić information content (AvgIpc) is 2.38. The first kappa shape index (κ1) is 13.1. The first-order valence-corrected chi connectivity index (χ1v) is 5.71. The van der Waals surface area contributed by atoms with Gasteiger partial charge in [0.15, 0.2) is 0 Å². The molecule has 0 aliphatic rings. The molecule has 2 rings (SSSR count). The molecule has 0 unspecified atom stereocenters. The molecule has 3 nitrogen and oxygen atoms in total. The predicted octanol–water partition coefficient (Wildman–Crippen LogP) is 3.51. The summed E-state index contributed by atoms with van der Waals surface area (Å²) in [6, 6.07) is 9.56. The summed E-state index contributed by atoms with van der Waals surface area (Å²) >= 11 is 0. The van der Waals surface area contributed by atoms with Crippen molar-refractivity contribution in [2.45, 2.75) is 6.92 Å². The second kappa shape index (κ2) is 5.10. The van der Waals surface area contributed by atoms with Crippen LogP contribution < -0.4 is 4.74 Å². The van der Waals surface area contributed by atoms with E-state index in [0.29, 0.717) is 5.56 Å². The molecule has 0 amide bonds. The van der Waals surface area contributed by atoms with Crippen molar-refractivity contribution in [3.8, 4) is 16.9 Å². The summed E-state index contributed by atoms with van der Waals surface area (Å²) < 4.78 is 18.8. The number of rotatable bonds is 3. The zero-order valence-corrected chi connectivity index (χ0v) is 10.6. The average molecular weight is 260 g/mol. The fraction of sp³-hybridized carbons (Fsp3) is 0.133. The molecule has 2 aromatic rings. The Bertz CT molecular complexity index is 635. The van der Waals surface area contributed by atoms with Gasteiger partial charge in [0, 0.05) is 0 Å². The number of carboxylic acids is 1. The zero-order valence-electron chi connectivity index (χ0n) is 10.6. The zero-order chi connectivity index (χ0) is 14.0. The van der Waals surface area contributed by atoms with Crippen molar-refractivity contribution in [1.29, 1.82) is 0 Å². The molecular formula is C15H13FO3. The topological polar surface area (TPSA) is 46.5 Å². The largest absolute Gasteiger partial charge is 0.496 e. The molecule has 0 bridgehead atoms. The van der Waals surface area contributed by atoms with Crippen molar-refractivity contribution in [2.24, 2.45) is 0 Å². The number of benzene rings is 2. The van der Waals surface area contributed by atoms with Crippen LogP contribution in [0.2, 0.25) is 0 Å². The van der Waals surface area contributed by atoms with Crippen LogP contribution in [0.1, 0.15) is 15.9 Å². The Morgan fingerprint density at radius 1 is 1.16 bits per heavy atom. The van der Waals surface area contributed by atoms with Crippen LogP contribution in [0.25, 0.3) is 11.1 Å². The van der Waals surface area contributed by atoms with Crippen molar-refractivity contribution in [2.75, 3.05) is 7.11 Å². The van der Waals surface area contributed by atoms with Gasteiger partial charge in [-0.25, -0.2) is 9.18 Å². The van der Waals surface area contributed by atoms with E-state index in [4.69, 9.17) is 9.84 Å². The minimum absolute atomic E-state index is 0.325. The van der Waals surface area contributed by atoms with Gasteiger partial charge >= 0.3 is 5.97 Å². The molecule has 2 aromatic carbocycles. The molecule has 0 heterocycles. The molecule has 0 fully saturated rings. The lowest BCUT2D eigenvalue weighted by molar-refractivity contribution is 0.0692. The highest BCUT2D eigenvalue weighted by Crippen LogP contribution is 2.27.